The van der Waals surface area contributed by atoms with Crippen molar-refractivity contribution in [3.63, 3.8) is 0 Å². The third kappa shape index (κ3) is 1.19. The first-order chi connectivity index (χ1) is 6.21. The van der Waals surface area contributed by atoms with Crippen molar-refractivity contribution in [2.24, 2.45) is 17.8 Å². The number of alkyl halides is 1. The van der Waals surface area contributed by atoms with Gasteiger partial charge >= 0.3 is 0 Å². The molecule has 13 heavy (non-hydrogen) atoms. The van der Waals surface area contributed by atoms with Crippen LogP contribution in [0.25, 0.3) is 0 Å². The Balaban J connectivity index is 2.20. The normalized spacial score (nSPS) is 46.7. The molecule has 0 saturated heterocycles. The minimum absolute atomic E-state index is 0.184. The largest absolute Gasteiger partial charge is 0.384 e. The van der Waals surface area contributed by atoms with Crippen molar-refractivity contribution in [3.8, 4) is 6.07 Å². The van der Waals surface area contributed by atoms with Gasteiger partial charge in [0, 0.05) is 13.0 Å². The molecule has 0 aromatic heterocycles. The van der Waals surface area contributed by atoms with Gasteiger partial charge in [0.2, 0.25) is 0 Å². The van der Waals surface area contributed by atoms with E-state index in [0.717, 1.165) is 6.42 Å². The van der Waals surface area contributed by atoms with Gasteiger partial charge in [0.15, 0.2) is 0 Å². The standard InChI is InChI=1S/C10H12ClNO/c1-13-5-8-7-2-3-9(8)10(11,4-7)6-12/h2-3,7-9H,4-5H2,1H3/t7-,8-,9-,10?/m1/s1. The maximum atomic E-state index is 8.98. The molecule has 0 amide bonds. The van der Waals surface area contributed by atoms with Crippen LogP contribution in [0.5, 0.6) is 0 Å². The molecule has 0 aromatic rings. The number of fused-ring (bicyclic) bond motifs is 2. The average molecular weight is 198 g/mol. The number of methoxy groups -OCH3 is 1. The topological polar surface area (TPSA) is 33.0 Å². The molecule has 0 aromatic carbocycles. The molecule has 0 N–H and O–H groups in total. The van der Waals surface area contributed by atoms with E-state index in [4.69, 9.17) is 21.6 Å². The second-order valence-electron chi connectivity index (χ2n) is 3.87. The van der Waals surface area contributed by atoms with Crippen LogP contribution in [0.15, 0.2) is 12.2 Å². The van der Waals surface area contributed by atoms with Crippen molar-refractivity contribution in [2.45, 2.75) is 11.3 Å². The number of nitrogens with zero attached hydrogens (tertiary/aromatic N) is 1. The zero-order chi connectivity index (χ0) is 9.47. The molecule has 0 heterocycles. The van der Waals surface area contributed by atoms with E-state index in [-0.39, 0.29) is 5.92 Å². The van der Waals surface area contributed by atoms with Crippen LogP contribution in [0.3, 0.4) is 0 Å². The number of rotatable bonds is 2. The predicted molar refractivity (Wildman–Crippen MR) is 50.3 cm³/mol. The molecule has 1 saturated carbocycles. The van der Waals surface area contributed by atoms with Crippen LogP contribution < -0.4 is 0 Å². The van der Waals surface area contributed by atoms with E-state index < -0.39 is 4.87 Å². The fourth-order valence-electron chi connectivity index (χ4n) is 2.54. The van der Waals surface area contributed by atoms with Crippen LogP contribution in [0.4, 0.5) is 0 Å². The summed E-state index contributed by atoms with van der Waals surface area (Å²) in [4.78, 5) is -0.664. The van der Waals surface area contributed by atoms with Gasteiger partial charge in [-0.15, -0.1) is 11.6 Å². The summed E-state index contributed by atoms with van der Waals surface area (Å²) in [5.74, 6) is 1.05. The molecule has 4 atom stereocenters. The van der Waals surface area contributed by atoms with Gasteiger partial charge in [-0.3, -0.25) is 0 Å². The highest BCUT2D eigenvalue weighted by molar-refractivity contribution is 6.26. The zero-order valence-electron chi connectivity index (χ0n) is 7.53. The fraction of sp³-hybridized carbons (Fsp3) is 0.700. The van der Waals surface area contributed by atoms with Gasteiger partial charge in [-0.05, 0) is 18.3 Å². The Morgan fingerprint density at radius 1 is 1.69 bits per heavy atom. The Kier molecular flexibility index (Phi) is 2.09. The first kappa shape index (κ1) is 9.05. The smallest absolute Gasteiger partial charge is 0.138 e. The number of hydrogen-bond acceptors (Lipinski definition) is 2. The number of allylic oxidation sites excluding steroid dienone is 2. The lowest BCUT2D eigenvalue weighted by Crippen LogP contribution is -2.27. The van der Waals surface area contributed by atoms with Crippen LogP contribution in [0.1, 0.15) is 6.42 Å². The molecule has 1 fully saturated rings. The van der Waals surface area contributed by atoms with Crippen LogP contribution in [0, 0.1) is 29.1 Å². The molecule has 3 heteroatoms. The fourth-order valence-corrected chi connectivity index (χ4v) is 2.96. The Hall–Kier alpha value is -0.520. The molecule has 2 aliphatic carbocycles. The highest BCUT2D eigenvalue weighted by atomic mass is 35.5. The lowest BCUT2D eigenvalue weighted by molar-refractivity contribution is 0.134. The summed E-state index contributed by atoms with van der Waals surface area (Å²) in [6, 6.07) is 2.22. The van der Waals surface area contributed by atoms with Gasteiger partial charge < -0.3 is 4.74 Å². The molecule has 2 rings (SSSR count). The summed E-state index contributed by atoms with van der Waals surface area (Å²) in [5, 5.41) is 8.98. The first-order valence-corrected chi connectivity index (χ1v) is 4.86. The van der Waals surface area contributed by atoms with Crippen molar-refractivity contribution in [1.29, 1.82) is 5.26 Å². The van der Waals surface area contributed by atoms with E-state index in [1.165, 1.54) is 0 Å². The van der Waals surface area contributed by atoms with Crippen molar-refractivity contribution >= 4 is 11.6 Å². The van der Waals surface area contributed by atoms with E-state index in [9.17, 15) is 0 Å². The van der Waals surface area contributed by atoms with Crippen LogP contribution >= 0.6 is 11.6 Å². The Morgan fingerprint density at radius 2 is 2.46 bits per heavy atom. The summed E-state index contributed by atoms with van der Waals surface area (Å²) < 4.78 is 5.14. The Bertz CT molecular complexity index is 283. The lowest BCUT2D eigenvalue weighted by atomic mass is 9.92. The molecule has 0 radical (unpaired) electrons. The monoisotopic (exact) mass is 197 g/mol. The number of halogens is 1. The summed E-state index contributed by atoms with van der Waals surface area (Å²) in [5.41, 5.74) is 0. The molecule has 0 spiro atoms. The summed E-state index contributed by atoms with van der Waals surface area (Å²) in [6.45, 7) is 0.707. The molecule has 0 aliphatic heterocycles. The molecule has 2 aliphatic rings. The molecule has 70 valence electrons. The first-order valence-electron chi connectivity index (χ1n) is 4.48. The number of ether oxygens (including phenoxy) is 1. The second kappa shape index (κ2) is 3.01. The summed E-state index contributed by atoms with van der Waals surface area (Å²) in [6.07, 6.45) is 5.03. The lowest BCUT2D eigenvalue weighted by Gasteiger charge is -2.21. The van der Waals surface area contributed by atoms with Gasteiger partial charge in [-0.1, -0.05) is 12.2 Å². The third-order valence-electron chi connectivity index (χ3n) is 3.18. The van der Waals surface area contributed by atoms with Gasteiger partial charge in [0.05, 0.1) is 12.7 Å². The van der Waals surface area contributed by atoms with Crippen molar-refractivity contribution in [1.82, 2.24) is 0 Å². The quantitative estimate of drug-likeness (QED) is 0.501. The van der Waals surface area contributed by atoms with Gasteiger partial charge in [0.1, 0.15) is 4.87 Å². The van der Waals surface area contributed by atoms with Crippen molar-refractivity contribution in [2.75, 3.05) is 13.7 Å². The highest BCUT2D eigenvalue weighted by Gasteiger charge is 2.54. The molecular formula is C10H12ClNO. The van der Waals surface area contributed by atoms with Gasteiger partial charge in [0.25, 0.3) is 0 Å². The third-order valence-corrected chi connectivity index (χ3v) is 3.67. The van der Waals surface area contributed by atoms with Gasteiger partial charge in [-0.2, -0.15) is 5.26 Å². The number of nitriles is 1. The minimum atomic E-state index is -0.664. The molecular weight excluding hydrogens is 186 g/mol. The predicted octanol–water partition coefficient (Wildman–Crippen LogP) is 1.96. The second-order valence-corrected chi connectivity index (χ2v) is 4.55. The SMILES string of the molecule is COC[C@@H]1[C@@H]2C=C[C@H]1C(Cl)(C#N)C2. The summed E-state index contributed by atoms with van der Waals surface area (Å²) >= 11 is 6.21. The highest BCUT2D eigenvalue weighted by Crippen LogP contribution is 2.53. The van der Waals surface area contributed by atoms with E-state index in [1.807, 2.05) is 0 Å². The maximum absolute atomic E-state index is 8.98. The Morgan fingerprint density at radius 3 is 3.00 bits per heavy atom. The maximum Gasteiger partial charge on any atom is 0.138 e. The minimum Gasteiger partial charge on any atom is -0.384 e. The Labute approximate surface area is 83.1 Å². The van der Waals surface area contributed by atoms with Crippen molar-refractivity contribution in [3.05, 3.63) is 12.2 Å². The van der Waals surface area contributed by atoms with Gasteiger partial charge in [-0.25, -0.2) is 0 Å². The van der Waals surface area contributed by atoms with Crippen molar-refractivity contribution < 1.29 is 4.74 Å². The van der Waals surface area contributed by atoms with E-state index >= 15 is 0 Å². The molecule has 2 bridgehead atoms. The number of hydrogen-bond donors (Lipinski definition) is 0. The zero-order valence-corrected chi connectivity index (χ0v) is 8.29. The summed E-state index contributed by atoms with van der Waals surface area (Å²) in [7, 11) is 1.69. The van der Waals surface area contributed by atoms with Crippen LogP contribution in [-0.2, 0) is 4.74 Å². The molecule has 2 nitrogen and oxygen atoms in total. The van der Waals surface area contributed by atoms with Crippen LogP contribution in [0.2, 0.25) is 0 Å². The van der Waals surface area contributed by atoms with E-state index in [2.05, 4.69) is 18.2 Å². The average Bonchev–Trinajstić information content (AvgIpc) is 2.61. The van der Waals surface area contributed by atoms with E-state index in [1.54, 1.807) is 7.11 Å². The van der Waals surface area contributed by atoms with Crippen LogP contribution in [-0.4, -0.2) is 18.6 Å². The van der Waals surface area contributed by atoms with E-state index in [0.29, 0.717) is 18.4 Å². The molecule has 1 unspecified atom stereocenters.